The number of rotatable bonds is 0. The van der Waals surface area contributed by atoms with Crippen LogP contribution in [0.15, 0.2) is 16.7 Å². The van der Waals surface area contributed by atoms with E-state index in [-0.39, 0.29) is 0 Å². The second-order valence-corrected chi connectivity index (χ2v) is 3.88. The van der Waals surface area contributed by atoms with Crippen LogP contribution in [0.5, 0.6) is 0 Å². The number of nitrogens with two attached hydrogens (primary N) is 1. The van der Waals surface area contributed by atoms with Crippen molar-refractivity contribution in [2.24, 2.45) is 0 Å². The molecule has 0 aliphatic heterocycles. The van der Waals surface area contributed by atoms with E-state index in [1.807, 2.05) is 6.07 Å². The molecule has 3 nitrogen and oxygen atoms in total. The highest BCUT2D eigenvalue weighted by Crippen LogP contribution is 2.28. The molecule has 2 heterocycles. The molecule has 0 saturated carbocycles. The first-order valence-electron chi connectivity index (χ1n) is 2.94. The largest absolute Gasteiger partial charge is 0.375 e. The summed E-state index contributed by atoms with van der Waals surface area (Å²) in [6.07, 6.45) is 1.70. The predicted octanol–water partition coefficient (Wildman–Crippen LogP) is 2.04. The van der Waals surface area contributed by atoms with Crippen molar-refractivity contribution >= 4 is 42.7 Å². The first-order chi connectivity index (χ1) is 5.27. The molecule has 0 radical (unpaired) electrons. The summed E-state index contributed by atoms with van der Waals surface area (Å²) in [4.78, 5) is 8.08. The van der Waals surface area contributed by atoms with E-state index < -0.39 is 0 Å². The zero-order chi connectivity index (χ0) is 7.84. The Morgan fingerprint density at radius 3 is 3.09 bits per heavy atom. The molecule has 2 aromatic rings. The van der Waals surface area contributed by atoms with Gasteiger partial charge in [-0.2, -0.15) is 0 Å². The molecule has 0 bridgehead atoms. The van der Waals surface area contributed by atoms with E-state index >= 15 is 0 Å². The number of anilines is 1. The van der Waals surface area contributed by atoms with E-state index in [0.29, 0.717) is 10.8 Å². The minimum Gasteiger partial charge on any atom is -0.375 e. The Balaban J connectivity index is 2.90. The van der Waals surface area contributed by atoms with Crippen molar-refractivity contribution in [3.8, 4) is 0 Å². The number of thiazole rings is 1. The van der Waals surface area contributed by atoms with Gasteiger partial charge in [0.25, 0.3) is 0 Å². The predicted molar refractivity (Wildman–Crippen MR) is 49.5 cm³/mol. The lowest BCUT2D eigenvalue weighted by atomic mass is 10.5. The first kappa shape index (κ1) is 7.00. The summed E-state index contributed by atoms with van der Waals surface area (Å²) >= 11 is 4.82. The molecule has 2 N–H and O–H groups in total. The molecule has 2 rings (SSSR count). The molecule has 0 spiro atoms. The normalized spacial score (nSPS) is 10.6. The smallest absolute Gasteiger partial charge is 0.182 e. The van der Waals surface area contributed by atoms with Gasteiger partial charge in [-0.1, -0.05) is 11.3 Å². The summed E-state index contributed by atoms with van der Waals surface area (Å²) in [5, 5.41) is 0.555. The van der Waals surface area contributed by atoms with Gasteiger partial charge in [-0.25, -0.2) is 9.97 Å². The van der Waals surface area contributed by atoms with Crippen molar-refractivity contribution in [3.63, 3.8) is 0 Å². The quantitative estimate of drug-likeness (QED) is 0.753. The van der Waals surface area contributed by atoms with Crippen molar-refractivity contribution < 1.29 is 0 Å². The molecule has 56 valence electrons. The molecule has 5 heteroatoms. The number of hydrogen-bond acceptors (Lipinski definition) is 4. The third-order valence-electron chi connectivity index (χ3n) is 1.26. The number of aromatic nitrogens is 2. The van der Waals surface area contributed by atoms with Crippen molar-refractivity contribution in [3.05, 3.63) is 16.7 Å². The molecule has 11 heavy (non-hydrogen) atoms. The maximum Gasteiger partial charge on any atom is 0.182 e. The summed E-state index contributed by atoms with van der Waals surface area (Å²) in [7, 11) is 0. The minimum absolute atomic E-state index is 0.555. The fourth-order valence-corrected chi connectivity index (χ4v) is 2.05. The Hall–Kier alpha value is -0.680. The van der Waals surface area contributed by atoms with Gasteiger partial charge in [0.2, 0.25) is 0 Å². The molecule has 2 aromatic heterocycles. The van der Waals surface area contributed by atoms with Gasteiger partial charge in [-0.15, -0.1) is 0 Å². The van der Waals surface area contributed by atoms with Crippen LogP contribution in [-0.4, -0.2) is 9.97 Å². The third-order valence-corrected chi connectivity index (χ3v) is 3.09. The van der Waals surface area contributed by atoms with Gasteiger partial charge in [0.1, 0.15) is 0 Å². The van der Waals surface area contributed by atoms with Crippen LogP contribution >= 0.6 is 27.3 Å². The zero-order valence-electron chi connectivity index (χ0n) is 5.41. The van der Waals surface area contributed by atoms with Gasteiger partial charge >= 0.3 is 0 Å². The number of halogens is 1. The average molecular weight is 230 g/mol. The Kier molecular flexibility index (Phi) is 1.54. The Morgan fingerprint density at radius 1 is 1.55 bits per heavy atom. The lowest BCUT2D eigenvalue weighted by Crippen LogP contribution is -1.80. The topological polar surface area (TPSA) is 51.8 Å². The molecular weight excluding hydrogens is 226 g/mol. The van der Waals surface area contributed by atoms with Crippen molar-refractivity contribution in [2.75, 3.05) is 5.73 Å². The minimum atomic E-state index is 0.555. The molecule has 0 aliphatic rings. The fraction of sp³-hybridized carbons (Fsp3) is 0. The highest BCUT2D eigenvalue weighted by Gasteiger charge is 2.03. The van der Waals surface area contributed by atoms with Gasteiger partial charge in [-0.3, -0.25) is 0 Å². The zero-order valence-corrected chi connectivity index (χ0v) is 7.82. The van der Waals surface area contributed by atoms with Gasteiger partial charge in [-0.05, 0) is 22.0 Å². The number of pyridine rings is 1. The molecule has 0 saturated heterocycles. The van der Waals surface area contributed by atoms with Gasteiger partial charge in [0, 0.05) is 10.7 Å². The van der Waals surface area contributed by atoms with Gasteiger partial charge < -0.3 is 5.73 Å². The van der Waals surface area contributed by atoms with E-state index in [0.717, 1.165) is 9.17 Å². The van der Waals surface area contributed by atoms with Crippen molar-refractivity contribution in [1.29, 1.82) is 0 Å². The van der Waals surface area contributed by atoms with E-state index in [1.165, 1.54) is 11.3 Å². The van der Waals surface area contributed by atoms with Crippen LogP contribution in [-0.2, 0) is 0 Å². The highest BCUT2D eigenvalue weighted by atomic mass is 79.9. The number of fused-ring (bicyclic) bond motifs is 1. The van der Waals surface area contributed by atoms with E-state index in [4.69, 9.17) is 5.73 Å². The SMILES string of the molecule is Nc1nc2nccc(Br)c2s1. The Morgan fingerprint density at radius 2 is 2.36 bits per heavy atom. The summed E-state index contributed by atoms with van der Waals surface area (Å²) in [5.41, 5.74) is 6.22. The van der Waals surface area contributed by atoms with Crippen LogP contribution in [0.2, 0.25) is 0 Å². The number of hydrogen-bond donors (Lipinski definition) is 1. The van der Waals surface area contributed by atoms with Crippen LogP contribution < -0.4 is 5.73 Å². The van der Waals surface area contributed by atoms with Crippen LogP contribution in [0.3, 0.4) is 0 Å². The Bertz CT molecular complexity index is 398. The maximum absolute atomic E-state index is 5.51. The maximum atomic E-state index is 5.51. The molecular formula is C6H4BrN3S. The summed E-state index contributed by atoms with van der Waals surface area (Å²) in [6, 6.07) is 1.87. The van der Waals surface area contributed by atoms with Crippen LogP contribution in [0.4, 0.5) is 5.13 Å². The van der Waals surface area contributed by atoms with Crippen molar-refractivity contribution in [1.82, 2.24) is 9.97 Å². The van der Waals surface area contributed by atoms with Crippen molar-refractivity contribution in [2.45, 2.75) is 0 Å². The van der Waals surface area contributed by atoms with E-state index in [2.05, 4.69) is 25.9 Å². The van der Waals surface area contributed by atoms with Gasteiger partial charge in [0.15, 0.2) is 10.8 Å². The van der Waals surface area contributed by atoms with Gasteiger partial charge in [0.05, 0.1) is 4.70 Å². The summed E-state index contributed by atoms with van der Waals surface area (Å²) in [6.45, 7) is 0. The molecule has 0 aliphatic carbocycles. The Labute approximate surface area is 75.4 Å². The standard InChI is InChI=1S/C6H4BrN3S/c7-3-1-2-9-5-4(3)11-6(8)10-5/h1-2H,(H2,8,9,10). The summed E-state index contributed by atoms with van der Waals surface area (Å²) in [5.74, 6) is 0. The molecule has 0 amide bonds. The van der Waals surface area contributed by atoms with Crippen LogP contribution in [0.25, 0.3) is 10.3 Å². The average Bonchev–Trinajstić information content (AvgIpc) is 2.31. The lowest BCUT2D eigenvalue weighted by molar-refractivity contribution is 1.33. The molecule has 0 atom stereocenters. The fourth-order valence-electron chi connectivity index (χ4n) is 0.820. The lowest BCUT2D eigenvalue weighted by Gasteiger charge is -1.87. The number of nitrogen functional groups attached to an aromatic ring is 1. The van der Waals surface area contributed by atoms with E-state index in [9.17, 15) is 0 Å². The molecule has 0 unspecified atom stereocenters. The monoisotopic (exact) mass is 229 g/mol. The molecule has 0 aromatic carbocycles. The van der Waals surface area contributed by atoms with E-state index in [1.54, 1.807) is 6.20 Å². The highest BCUT2D eigenvalue weighted by molar-refractivity contribution is 9.10. The summed E-state index contributed by atoms with van der Waals surface area (Å²) < 4.78 is 2.00. The third kappa shape index (κ3) is 1.10. The second-order valence-electron chi connectivity index (χ2n) is 2.00. The van der Waals surface area contributed by atoms with Crippen LogP contribution in [0, 0.1) is 0 Å². The molecule has 0 fully saturated rings. The van der Waals surface area contributed by atoms with Crippen LogP contribution in [0.1, 0.15) is 0 Å². The number of nitrogens with zero attached hydrogens (tertiary/aromatic N) is 2. The second kappa shape index (κ2) is 2.42. The first-order valence-corrected chi connectivity index (χ1v) is 4.55.